The maximum atomic E-state index is 10.2. The summed E-state index contributed by atoms with van der Waals surface area (Å²) in [6, 6.07) is 0. The lowest BCUT2D eigenvalue weighted by Crippen LogP contribution is -2.15. The fraction of sp³-hybridized carbons (Fsp3) is 0.429. The fourth-order valence-corrected chi connectivity index (χ4v) is 0.687. The highest BCUT2D eigenvalue weighted by Gasteiger charge is 2.18. The average molecular weight is 153 g/mol. The molecular weight excluding hydrogens is 146 g/mol. The van der Waals surface area contributed by atoms with E-state index in [0.717, 1.165) is 0 Å². The van der Waals surface area contributed by atoms with E-state index < -0.39 is 4.92 Å². The molecule has 0 bridgehead atoms. The quantitative estimate of drug-likeness (QED) is 0.336. The maximum Gasteiger partial charge on any atom is 0.437 e. The Balaban J connectivity index is 2.69. The summed E-state index contributed by atoms with van der Waals surface area (Å²) in [5.41, 5.74) is 0. The summed E-state index contributed by atoms with van der Waals surface area (Å²) in [7, 11) is 0. The van der Waals surface area contributed by atoms with Crippen LogP contribution in [0, 0.1) is 22.0 Å². The second-order valence-electron chi connectivity index (χ2n) is 2.04. The summed E-state index contributed by atoms with van der Waals surface area (Å²) in [6.45, 7) is 1.86. The van der Waals surface area contributed by atoms with Gasteiger partial charge >= 0.3 is 5.88 Å². The van der Waals surface area contributed by atoms with Crippen molar-refractivity contribution in [1.82, 2.24) is 0 Å². The van der Waals surface area contributed by atoms with Gasteiger partial charge in [0, 0.05) is 0 Å². The number of rotatable bonds is 2. The molecule has 0 aromatic heterocycles. The van der Waals surface area contributed by atoms with Gasteiger partial charge in [0.2, 0.25) is 0 Å². The molecule has 0 saturated carbocycles. The first kappa shape index (κ1) is 7.61. The summed E-state index contributed by atoms with van der Waals surface area (Å²) in [6.07, 6.45) is 1.52. The van der Waals surface area contributed by atoms with E-state index in [1.807, 2.05) is 6.92 Å². The molecule has 0 N–H and O–H groups in total. The Kier molecular flexibility index (Phi) is 2.12. The first-order valence-electron chi connectivity index (χ1n) is 3.26. The summed E-state index contributed by atoms with van der Waals surface area (Å²) in [5.74, 6) is 4.98. The van der Waals surface area contributed by atoms with E-state index in [2.05, 4.69) is 11.8 Å². The number of allylic oxidation sites excluding steroid dienone is 1. The molecule has 0 aromatic rings. The molecular formula is C7H7NO3. The second-order valence-corrected chi connectivity index (χ2v) is 2.04. The van der Waals surface area contributed by atoms with Gasteiger partial charge in [0.15, 0.2) is 6.10 Å². The van der Waals surface area contributed by atoms with Crippen LogP contribution in [0.5, 0.6) is 0 Å². The molecule has 4 nitrogen and oxygen atoms in total. The van der Waals surface area contributed by atoms with Crippen molar-refractivity contribution in [2.75, 3.05) is 0 Å². The molecule has 0 saturated heterocycles. The van der Waals surface area contributed by atoms with Crippen LogP contribution in [0.4, 0.5) is 0 Å². The SMILES string of the molecule is CCC1C#CC=C([N+](=O)[O-])O1. The molecule has 0 radical (unpaired) electrons. The zero-order chi connectivity index (χ0) is 8.27. The lowest BCUT2D eigenvalue weighted by Gasteiger charge is -2.09. The van der Waals surface area contributed by atoms with E-state index in [0.29, 0.717) is 6.42 Å². The Bertz CT molecular complexity index is 259. The van der Waals surface area contributed by atoms with Gasteiger partial charge in [0.1, 0.15) is 11.0 Å². The van der Waals surface area contributed by atoms with Crippen molar-refractivity contribution in [3.05, 3.63) is 22.1 Å². The summed E-state index contributed by atoms with van der Waals surface area (Å²) in [5, 5.41) is 10.2. The Hall–Kier alpha value is -1.50. The van der Waals surface area contributed by atoms with Gasteiger partial charge in [0.05, 0.1) is 0 Å². The van der Waals surface area contributed by atoms with Crippen LogP contribution in [-0.2, 0) is 4.74 Å². The van der Waals surface area contributed by atoms with E-state index >= 15 is 0 Å². The van der Waals surface area contributed by atoms with E-state index in [1.165, 1.54) is 6.08 Å². The van der Waals surface area contributed by atoms with E-state index in [9.17, 15) is 10.1 Å². The Labute approximate surface area is 64.0 Å². The summed E-state index contributed by atoms with van der Waals surface area (Å²) >= 11 is 0. The predicted octanol–water partition coefficient (Wildman–Crippen LogP) is 0.917. The monoisotopic (exact) mass is 153 g/mol. The molecule has 1 rings (SSSR count). The fourth-order valence-electron chi connectivity index (χ4n) is 0.687. The highest BCUT2D eigenvalue weighted by atomic mass is 16.7. The molecule has 1 heterocycles. The van der Waals surface area contributed by atoms with Gasteiger partial charge in [-0.1, -0.05) is 18.8 Å². The smallest absolute Gasteiger partial charge is 0.424 e. The number of nitro groups is 1. The van der Waals surface area contributed by atoms with Gasteiger partial charge in [-0.25, -0.2) is 0 Å². The zero-order valence-corrected chi connectivity index (χ0v) is 6.03. The van der Waals surface area contributed by atoms with E-state index in [-0.39, 0.29) is 12.0 Å². The van der Waals surface area contributed by atoms with E-state index in [1.54, 1.807) is 0 Å². The molecule has 1 unspecified atom stereocenters. The van der Waals surface area contributed by atoms with Gasteiger partial charge in [-0.15, -0.1) is 0 Å². The van der Waals surface area contributed by atoms with E-state index in [4.69, 9.17) is 4.74 Å². The van der Waals surface area contributed by atoms with Gasteiger partial charge in [-0.2, -0.15) is 0 Å². The lowest BCUT2D eigenvalue weighted by molar-refractivity contribution is -0.466. The van der Waals surface area contributed by atoms with Crippen molar-refractivity contribution in [2.45, 2.75) is 19.4 Å². The molecule has 1 atom stereocenters. The minimum absolute atomic E-state index is 0.254. The molecule has 0 fully saturated rings. The number of hydrogen-bond acceptors (Lipinski definition) is 3. The summed E-state index contributed by atoms with van der Waals surface area (Å²) in [4.78, 5) is 9.59. The van der Waals surface area contributed by atoms with Crippen LogP contribution in [-0.4, -0.2) is 11.0 Å². The molecule has 0 spiro atoms. The summed E-state index contributed by atoms with van der Waals surface area (Å²) < 4.78 is 4.89. The largest absolute Gasteiger partial charge is 0.437 e. The van der Waals surface area contributed by atoms with Crippen LogP contribution in [0.3, 0.4) is 0 Å². The third-order valence-corrected chi connectivity index (χ3v) is 1.25. The Morgan fingerprint density at radius 3 is 3.18 bits per heavy atom. The van der Waals surface area contributed by atoms with Crippen LogP contribution >= 0.6 is 0 Å². The van der Waals surface area contributed by atoms with Crippen LogP contribution < -0.4 is 0 Å². The van der Waals surface area contributed by atoms with Crippen molar-refractivity contribution < 1.29 is 9.66 Å². The van der Waals surface area contributed by atoms with Crippen molar-refractivity contribution in [1.29, 1.82) is 0 Å². The van der Waals surface area contributed by atoms with Crippen LogP contribution in [0.25, 0.3) is 0 Å². The maximum absolute atomic E-state index is 10.2. The third kappa shape index (κ3) is 1.71. The highest BCUT2D eigenvalue weighted by molar-refractivity contribution is 5.22. The van der Waals surface area contributed by atoms with Crippen LogP contribution in [0.15, 0.2) is 12.0 Å². The lowest BCUT2D eigenvalue weighted by atomic mass is 10.2. The number of hydrogen-bond donors (Lipinski definition) is 0. The molecule has 4 heteroatoms. The zero-order valence-electron chi connectivity index (χ0n) is 6.03. The number of nitrogens with zero attached hydrogens (tertiary/aromatic N) is 1. The molecule has 0 amide bonds. The molecule has 0 aliphatic carbocycles. The van der Waals surface area contributed by atoms with Crippen molar-refractivity contribution >= 4 is 0 Å². The van der Waals surface area contributed by atoms with Gasteiger partial charge in [-0.3, -0.25) is 10.1 Å². The first-order chi connectivity index (χ1) is 5.24. The minimum Gasteiger partial charge on any atom is -0.424 e. The molecule has 1 aliphatic rings. The Morgan fingerprint density at radius 2 is 2.64 bits per heavy atom. The van der Waals surface area contributed by atoms with Gasteiger partial charge < -0.3 is 4.74 Å². The van der Waals surface area contributed by atoms with Crippen molar-refractivity contribution in [2.24, 2.45) is 0 Å². The highest BCUT2D eigenvalue weighted by Crippen LogP contribution is 2.08. The standard InChI is InChI=1S/C7H7NO3/c1-2-6-4-3-5-7(11-6)8(9)10/h5-6H,2H2,1H3. The van der Waals surface area contributed by atoms with Crippen LogP contribution in [0.2, 0.25) is 0 Å². The third-order valence-electron chi connectivity index (χ3n) is 1.25. The Morgan fingerprint density at radius 1 is 1.91 bits per heavy atom. The van der Waals surface area contributed by atoms with Crippen molar-refractivity contribution in [3.8, 4) is 11.8 Å². The number of ether oxygens (including phenoxy) is 1. The minimum atomic E-state index is -0.573. The molecule has 58 valence electrons. The topological polar surface area (TPSA) is 52.4 Å². The first-order valence-corrected chi connectivity index (χ1v) is 3.26. The van der Waals surface area contributed by atoms with Crippen LogP contribution in [0.1, 0.15) is 13.3 Å². The van der Waals surface area contributed by atoms with Crippen molar-refractivity contribution in [3.63, 3.8) is 0 Å². The molecule has 11 heavy (non-hydrogen) atoms. The molecule has 0 aromatic carbocycles. The average Bonchev–Trinajstić information content (AvgIpc) is 2.05. The van der Waals surface area contributed by atoms with Gasteiger partial charge in [-0.05, 0) is 6.42 Å². The second kappa shape index (κ2) is 3.06. The van der Waals surface area contributed by atoms with Gasteiger partial charge in [0.25, 0.3) is 0 Å². The normalized spacial score (nSPS) is 20.8. The predicted molar refractivity (Wildman–Crippen MR) is 38.0 cm³/mol. The molecule has 1 aliphatic heterocycles.